The second-order valence-corrected chi connectivity index (χ2v) is 6.77. The Kier molecular flexibility index (Phi) is 5.47. The summed E-state index contributed by atoms with van der Waals surface area (Å²) >= 11 is 9.09. The van der Waals surface area contributed by atoms with Gasteiger partial charge in [-0.1, -0.05) is 36.4 Å². The molecule has 2 nitrogen and oxygen atoms in total. The van der Waals surface area contributed by atoms with Crippen LogP contribution in [0.3, 0.4) is 0 Å². The van der Waals surface area contributed by atoms with Crippen LogP contribution < -0.4 is 0 Å². The maximum absolute atomic E-state index is 4.55. The van der Waals surface area contributed by atoms with Crippen LogP contribution in [0.5, 0.6) is 0 Å². The molecule has 116 valence electrons. The summed E-state index contributed by atoms with van der Waals surface area (Å²) < 4.78 is 0. The molecule has 1 saturated heterocycles. The van der Waals surface area contributed by atoms with E-state index >= 15 is 0 Å². The van der Waals surface area contributed by atoms with Gasteiger partial charge < -0.3 is 0 Å². The largest absolute Gasteiger partial charge is 0.297 e. The van der Waals surface area contributed by atoms with E-state index in [-0.39, 0.29) is 0 Å². The van der Waals surface area contributed by atoms with Crippen LogP contribution >= 0.6 is 25.3 Å². The summed E-state index contributed by atoms with van der Waals surface area (Å²) in [6.45, 7) is 6.43. The highest BCUT2D eigenvalue weighted by molar-refractivity contribution is 7.80. The van der Waals surface area contributed by atoms with Gasteiger partial charge in [0.25, 0.3) is 0 Å². The Morgan fingerprint density at radius 1 is 0.636 bits per heavy atom. The van der Waals surface area contributed by atoms with Gasteiger partial charge in [0.2, 0.25) is 0 Å². The van der Waals surface area contributed by atoms with E-state index < -0.39 is 0 Å². The molecule has 3 rings (SSSR count). The van der Waals surface area contributed by atoms with Crippen LogP contribution in [-0.4, -0.2) is 36.0 Å². The van der Waals surface area contributed by atoms with Gasteiger partial charge in [-0.05, 0) is 23.3 Å². The molecule has 1 aliphatic rings. The molecular weight excluding hydrogens is 308 g/mol. The molecule has 0 N–H and O–H groups in total. The first-order valence-electron chi connectivity index (χ1n) is 7.71. The highest BCUT2D eigenvalue weighted by atomic mass is 32.1. The minimum absolute atomic E-state index is 0.997. The molecule has 0 aliphatic carbocycles. The first-order chi connectivity index (χ1) is 10.7. The summed E-state index contributed by atoms with van der Waals surface area (Å²) in [6, 6.07) is 16.7. The molecule has 0 atom stereocenters. The van der Waals surface area contributed by atoms with Crippen molar-refractivity contribution in [2.75, 3.05) is 26.2 Å². The maximum atomic E-state index is 4.55. The Morgan fingerprint density at radius 3 is 1.36 bits per heavy atom. The van der Waals surface area contributed by atoms with Gasteiger partial charge in [0.15, 0.2) is 0 Å². The van der Waals surface area contributed by atoms with E-state index in [0.29, 0.717) is 0 Å². The lowest BCUT2D eigenvalue weighted by molar-refractivity contribution is 0.121. The predicted octanol–water partition coefficient (Wildman–Crippen LogP) is 3.58. The van der Waals surface area contributed by atoms with Crippen LogP contribution in [0.25, 0.3) is 0 Å². The second kappa shape index (κ2) is 7.55. The maximum Gasteiger partial charge on any atom is 0.0245 e. The number of hydrogen-bond donors (Lipinski definition) is 2. The fraction of sp³-hybridized carbons (Fsp3) is 0.333. The van der Waals surface area contributed by atoms with Crippen molar-refractivity contribution in [2.45, 2.75) is 22.9 Å². The van der Waals surface area contributed by atoms with Gasteiger partial charge in [0.05, 0.1) is 0 Å². The van der Waals surface area contributed by atoms with Crippen LogP contribution in [0.15, 0.2) is 58.3 Å². The van der Waals surface area contributed by atoms with E-state index in [1.165, 1.54) is 11.1 Å². The first-order valence-corrected chi connectivity index (χ1v) is 8.60. The molecule has 1 fully saturated rings. The summed E-state index contributed by atoms with van der Waals surface area (Å²) in [6.07, 6.45) is 0. The molecular formula is C18H22N2S2. The van der Waals surface area contributed by atoms with Gasteiger partial charge in [0.1, 0.15) is 0 Å². The average Bonchev–Trinajstić information content (AvgIpc) is 2.54. The van der Waals surface area contributed by atoms with Crippen molar-refractivity contribution in [2.24, 2.45) is 0 Å². The quantitative estimate of drug-likeness (QED) is 0.827. The number of rotatable bonds is 4. The van der Waals surface area contributed by atoms with E-state index in [1.54, 1.807) is 0 Å². The monoisotopic (exact) mass is 330 g/mol. The van der Waals surface area contributed by atoms with Crippen molar-refractivity contribution in [1.82, 2.24) is 9.80 Å². The third kappa shape index (κ3) is 4.07. The lowest BCUT2D eigenvalue weighted by atomic mass is 10.1. The number of piperazine rings is 1. The third-order valence-electron chi connectivity index (χ3n) is 4.24. The number of thiol groups is 2. The summed E-state index contributed by atoms with van der Waals surface area (Å²) in [7, 11) is 0. The highest BCUT2D eigenvalue weighted by Crippen LogP contribution is 2.19. The SMILES string of the molecule is Sc1ccccc1CN1CCN(Cc2ccccc2S)CC1. The van der Waals surface area contributed by atoms with E-state index in [0.717, 1.165) is 49.1 Å². The van der Waals surface area contributed by atoms with E-state index in [4.69, 9.17) is 0 Å². The second-order valence-electron chi connectivity index (χ2n) is 5.81. The van der Waals surface area contributed by atoms with Gasteiger partial charge >= 0.3 is 0 Å². The van der Waals surface area contributed by atoms with Gasteiger partial charge in [0, 0.05) is 49.1 Å². The van der Waals surface area contributed by atoms with Crippen molar-refractivity contribution in [3.8, 4) is 0 Å². The number of benzene rings is 2. The molecule has 0 radical (unpaired) electrons. The van der Waals surface area contributed by atoms with Gasteiger partial charge in [-0.3, -0.25) is 9.80 Å². The van der Waals surface area contributed by atoms with Crippen molar-refractivity contribution in [1.29, 1.82) is 0 Å². The smallest absolute Gasteiger partial charge is 0.0245 e. The minimum atomic E-state index is 0.997. The molecule has 1 heterocycles. The molecule has 2 aromatic carbocycles. The fourth-order valence-electron chi connectivity index (χ4n) is 2.88. The predicted molar refractivity (Wildman–Crippen MR) is 97.9 cm³/mol. The fourth-order valence-corrected chi connectivity index (χ4v) is 3.34. The molecule has 0 spiro atoms. The van der Waals surface area contributed by atoms with Crippen molar-refractivity contribution in [3.63, 3.8) is 0 Å². The molecule has 1 aliphatic heterocycles. The summed E-state index contributed by atoms with van der Waals surface area (Å²) in [5, 5.41) is 0. The van der Waals surface area contributed by atoms with E-state index in [9.17, 15) is 0 Å². The molecule has 2 aromatic rings. The molecule has 22 heavy (non-hydrogen) atoms. The lowest BCUT2D eigenvalue weighted by Gasteiger charge is -2.35. The van der Waals surface area contributed by atoms with Gasteiger partial charge in [-0.25, -0.2) is 0 Å². The lowest BCUT2D eigenvalue weighted by Crippen LogP contribution is -2.45. The van der Waals surface area contributed by atoms with Crippen LogP contribution in [0, 0.1) is 0 Å². The molecule has 0 unspecified atom stereocenters. The van der Waals surface area contributed by atoms with Crippen LogP contribution in [0.4, 0.5) is 0 Å². The number of nitrogens with zero attached hydrogens (tertiary/aromatic N) is 2. The zero-order chi connectivity index (χ0) is 15.4. The minimum Gasteiger partial charge on any atom is -0.297 e. The Labute approximate surface area is 144 Å². The molecule has 0 bridgehead atoms. The standard InChI is InChI=1S/C18H22N2S2/c21-17-7-3-1-5-15(17)13-19-9-11-20(12-10-19)14-16-6-2-4-8-18(16)22/h1-8,21-22H,9-14H2. The Bertz CT molecular complexity index is 566. The zero-order valence-corrected chi connectivity index (χ0v) is 14.4. The number of hydrogen-bond acceptors (Lipinski definition) is 4. The van der Waals surface area contributed by atoms with Crippen molar-refractivity contribution < 1.29 is 0 Å². The Morgan fingerprint density at radius 2 is 1.00 bits per heavy atom. The Hall–Kier alpha value is -0.940. The zero-order valence-electron chi connectivity index (χ0n) is 12.7. The van der Waals surface area contributed by atoms with Crippen LogP contribution in [0.1, 0.15) is 11.1 Å². The van der Waals surface area contributed by atoms with Crippen molar-refractivity contribution in [3.05, 3.63) is 59.7 Å². The normalized spacial score (nSPS) is 16.8. The van der Waals surface area contributed by atoms with Crippen LogP contribution in [0.2, 0.25) is 0 Å². The Balaban J connectivity index is 1.52. The van der Waals surface area contributed by atoms with E-state index in [1.807, 2.05) is 12.1 Å². The third-order valence-corrected chi connectivity index (χ3v) is 5.11. The first kappa shape index (κ1) is 15.9. The molecule has 0 saturated carbocycles. The van der Waals surface area contributed by atoms with Gasteiger partial charge in [-0.15, -0.1) is 25.3 Å². The average molecular weight is 331 g/mol. The molecule has 4 heteroatoms. The summed E-state index contributed by atoms with van der Waals surface area (Å²) in [4.78, 5) is 7.21. The summed E-state index contributed by atoms with van der Waals surface area (Å²) in [5.74, 6) is 0. The summed E-state index contributed by atoms with van der Waals surface area (Å²) in [5.41, 5.74) is 2.64. The molecule has 0 aromatic heterocycles. The van der Waals surface area contributed by atoms with Crippen LogP contribution in [-0.2, 0) is 13.1 Å². The van der Waals surface area contributed by atoms with E-state index in [2.05, 4.69) is 71.5 Å². The van der Waals surface area contributed by atoms with Gasteiger partial charge in [-0.2, -0.15) is 0 Å². The topological polar surface area (TPSA) is 6.48 Å². The molecule has 0 amide bonds. The van der Waals surface area contributed by atoms with Crippen molar-refractivity contribution >= 4 is 25.3 Å². The highest BCUT2D eigenvalue weighted by Gasteiger charge is 2.18.